The van der Waals surface area contributed by atoms with E-state index in [0.717, 1.165) is 35.8 Å². The highest BCUT2D eigenvalue weighted by molar-refractivity contribution is 7.08. The maximum Gasteiger partial charge on any atom is 0.206 e. The van der Waals surface area contributed by atoms with E-state index in [2.05, 4.69) is 9.59 Å². The second-order valence-corrected chi connectivity index (χ2v) is 7.13. The molecular formula is C16H18N2O2S. The summed E-state index contributed by atoms with van der Waals surface area (Å²) < 4.78 is 9.71. The van der Waals surface area contributed by atoms with Crippen LogP contribution in [0.1, 0.15) is 54.5 Å². The van der Waals surface area contributed by atoms with E-state index in [4.69, 9.17) is 4.74 Å². The van der Waals surface area contributed by atoms with Crippen LogP contribution in [0.5, 0.6) is 5.75 Å². The summed E-state index contributed by atoms with van der Waals surface area (Å²) in [4.78, 5) is 13.3. The molecule has 4 nitrogen and oxygen atoms in total. The Morgan fingerprint density at radius 1 is 1.33 bits per heavy atom. The lowest BCUT2D eigenvalue weighted by Gasteiger charge is -2.16. The molecule has 0 aliphatic heterocycles. The summed E-state index contributed by atoms with van der Waals surface area (Å²) in [5, 5.41) is 4.13. The fraction of sp³-hybridized carbons (Fsp3) is 0.438. The number of aromatic nitrogens is 2. The minimum atomic E-state index is -0.194. The molecule has 0 radical (unpaired) electrons. The van der Waals surface area contributed by atoms with Crippen molar-refractivity contribution >= 4 is 17.3 Å². The number of hydrogen-bond acceptors (Lipinski definition) is 5. The van der Waals surface area contributed by atoms with E-state index in [-0.39, 0.29) is 11.2 Å². The maximum absolute atomic E-state index is 12.7. The van der Waals surface area contributed by atoms with Gasteiger partial charge in [0.1, 0.15) is 10.6 Å². The van der Waals surface area contributed by atoms with E-state index >= 15 is 0 Å². The van der Waals surface area contributed by atoms with Gasteiger partial charge in [-0.15, -0.1) is 5.10 Å². The maximum atomic E-state index is 12.7. The van der Waals surface area contributed by atoms with Crippen LogP contribution in [0, 0.1) is 0 Å². The Bertz CT molecular complexity index is 669. The van der Waals surface area contributed by atoms with E-state index in [9.17, 15) is 4.79 Å². The highest BCUT2D eigenvalue weighted by Gasteiger charge is 2.27. The molecular weight excluding hydrogens is 284 g/mol. The standard InChI is InChI=1S/C16H18N2O2S/c1-16(2,3)15-14(21-18-17-15)13(19)10-5-4-6-12(9-10)20-11-7-8-11/h4-6,9,11H,7-8H2,1-3H3. The number of carbonyl (C=O) groups excluding carboxylic acids is 1. The first-order valence-corrected chi connectivity index (χ1v) is 7.87. The quantitative estimate of drug-likeness (QED) is 0.810. The number of benzene rings is 1. The zero-order valence-electron chi connectivity index (χ0n) is 12.4. The first kappa shape index (κ1) is 14.2. The van der Waals surface area contributed by atoms with Crippen molar-refractivity contribution in [3.63, 3.8) is 0 Å². The lowest BCUT2D eigenvalue weighted by molar-refractivity contribution is 0.103. The molecule has 1 saturated carbocycles. The molecule has 21 heavy (non-hydrogen) atoms. The van der Waals surface area contributed by atoms with E-state index in [1.807, 2.05) is 45.0 Å². The number of ketones is 1. The Kier molecular flexibility index (Phi) is 3.53. The summed E-state index contributed by atoms with van der Waals surface area (Å²) in [6.45, 7) is 6.10. The average molecular weight is 302 g/mol. The number of nitrogens with zero attached hydrogens (tertiary/aromatic N) is 2. The van der Waals surface area contributed by atoms with Crippen molar-refractivity contribution in [1.29, 1.82) is 0 Å². The van der Waals surface area contributed by atoms with Crippen LogP contribution < -0.4 is 4.74 Å². The summed E-state index contributed by atoms with van der Waals surface area (Å²) in [6.07, 6.45) is 2.53. The molecule has 2 aromatic rings. The first-order chi connectivity index (χ1) is 9.95. The highest BCUT2D eigenvalue weighted by Crippen LogP contribution is 2.30. The van der Waals surface area contributed by atoms with Crippen molar-refractivity contribution in [1.82, 2.24) is 9.59 Å². The van der Waals surface area contributed by atoms with E-state index in [1.54, 1.807) is 0 Å². The summed E-state index contributed by atoms with van der Waals surface area (Å²) in [5.41, 5.74) is 1.19. The van der Waals surface area contributed by atoms with Gasteiger partial charge >= 0.3 is 0 Å². The molecule has 1 aliphatic rings. The van der Waals surface area contributed by atoms with Gasteiger partial charge in [0.2, 0.25) is 5.78 Å². The van der Waals surface area contributed by atoms with Crippen LogP contribution in [0.4, 0.5) is 0 Å². The molecule has 0 unspecified atom stereocenters. The third-order valence-electron chi connectivity index (χ3n) is 3.33. The van der Waals surface area contributed by atoms with Gasteiger partial charge in [-0.25, -0.2) is 0 Å². The summed E-state index contributed by atoms with van der Waals surface area (Å²) in [5.74, 6) is 0.731. The zero-order chi connectivity index (χ0) is 15.0. The van der Waals surface area contributed by atoms with Crippen LogP contribution in [0.15, 0.2) is 24.3 Å². The number of carbonyl (C=O) groups is 1. The van der Waals surface area contributed by atoms with E-state index in [0.29, 0.717) is 16.5 Å². The van der Waals surface area contributed by atoms with Crippen molar-refractivity contribution in [2.75, 3.05) is 0 Å². The molecule has 110 valence electrons. The SMILES string of the molecule is CC(C)(C)c1nnsc1C(=O)c1cccc(OC2CC2)c1. The normalized spacial score (nSPS) is 15.0. The highest BCUT2D eigenvalue weighted by atomic mass is 32.1. The average Bonchev–Trinajstić information content (AvgIpc) is 3.08. The van der Waals surface area contributed by atoms with Gasteiger partial charge in [-0.2, -0.15) is 0 Å². The van der Waals surface area contributed by atoms with Gasteiger partial charge < -0.3 is 4.74 Å². The van der Waals surface area contributed by atoms with Crippen LogP contribution in [-0.4, -0.2) is 21.5 Å². The largest absolute Gasteiger partial charge is 0.490 e. The van der Waals surface area contributed by atoms with Crippen LogP contribution in [0.2, 0.25) is 0 Å². The molecule has 5 heteroatoms. The fourth-order valence-corrected chi connectivity index (χ4v) is 2.89. The zero-order valence-corrected chi connectivity index (χ0v) is 13.2. The van der Waals surface area contributed by atoms with Gasteiger partial charge in [0.05, 0.1) is 11.8 Å². The fourth-order valence-electron chi connectivity index (χ4n) is 2.05. The molecule has 0 atom stereocenters. The van der Waals surface area contributed by atoms with Crippen LogP contribution >= 0.6 is 11.5 Å². The number of hydrogen-bond donors (Lipinski definition) is 0. The van der Waals surface area contributed by atoms with Crippen LogP contribution in [0.3, 0.4) is 0 Å². The van der Waals surface area contributed by atoms with Crippen LogP contribution in [0.25, 0.3) is 0 Å². The Morgan fingerprint density at radius 2 is 2.10 bits per heavy atom. The first-order valence-electron chi connectivity index (χ1n) is 7.09. The minimum Gasteiger partial charge on any atom is -0.490 e. The molecule has 0 spiro atoms. The molecule has 1 aromatic heterocycles. The third-order valence-corrected chi connectivity index (χ3v) is 4.05. The molecule has 0 saturated heterocycles. The smallest absolute Gasteiger partial charge is 0.206 e. The second kappa shape index (κ2) is 5.22. The van der Waals surface area contributed by atoms with Gasteiger partial charge in [0.15, 0.2) is 0 Å². The molecule has 3 rings (SSSR count). The van der Waals surface area contributed by atoms with Crippen molar-refractivity contribution in [2.45, 2.75) is 45.1 Å². The number of ether oxygens (including phenoxy) is 1. The predicted molar refractivity (Wildman–Crippen MR) is 82.1 cm³/mol. The molecule has 0 amide bonds. The summed E-state index contributed by atoms with van der Waals surface area (Å²) in [6, 6.07) is 7.38. The Balaban J connectivity index is 1.90. The second-order valence-electron chi connectivity index (χ2n) is 6.37. The summed E-state index contributed by atoms with van der Waals surface area (Å²) >= 11 is 1.16. The molecule has 0 bridgehead atoms. The molecule has 1 aromatic carbocycles. The van der Waals surface area contributed by atoms with Gasteiger partial charge in [0.25, 0.3) is 0 Å². The van der Waals surface area contributed by atoms with Crippen LogP contribution in [-0.2, 0) is 5.41 Å². The van der Waals surface area contributed by atoms with Gasteiger partial charge in [-0.05, 0) is 36.5 Å². The van der Waals surface area contributed by atoms with Gasteiger partial charge in [0, 0.05) is 11.0 Å². The molecule has 1 aliphatic carbocycles. The molecule has 0 N–H and O–H groups in total. The Labute approximate surface area is 128 Å². The van der Waals surface area contributed by atoms with E-state index in [1.165, 1.54) is 0 Å². The molecule has 1 fully saturated rings. The lowest BCUT2D eigenvalue weighted by Crippen LogP contribution is -2.16. The Morgan fingerprint density at radius 3 is 2.76 bits per heavy atom. The third kappa shape index (κ3) is 3.13. The Hall–Kier alpha value is -1.75. The monoisotopic (exact) mass is 302 g/mol. The van der Waals surface area contributed by atoms with Gasteiger partial charge in [-0.1, -0.05) is 37.4 Å². The van der Waals surface area contributed by atoms with Crippen molar-refractivity contribution in [2.24, 2.45) is 0 Å². The van der Waals surface area contributed by atoms with E-state index < -0.39 is 0 Å². The van der Waals surface area contributed by atoms with Crippen molar-refractivity contribution in [3.05, 3.63) is 40.4 Å². The topological polar surface area (TPSA) is 52.1 Å². The van der Waals surface area contributed by atoms with Crippen molar-refractivity contribution < 1.29 is 9.53 Å². The predicted octanol–water partition coefficient (Wildman–Crippen LogP) is 3.61. The summed E-state index contributed by atoms with van der Waals surface area (Å²) in [7, 11) is 0. The lowest BCUT2D eigenvalue weighted by atomic mass is 9.90. The van der Waals surface area contributed by atoms with Crippen molar-refractivity contribution in [3.8, 4) is 5.75 Å². The molecule has 1 heterocycles. The number of rotatable bonds is 4. The minimum absolute atomic E-state index is 0.0313. The van der Waals surface area contributed by atoms with Gasteiger partial charge in [-0.3, -0.25) is 4.79 Å².